The number of carbonyl (C=O) groups excluding carboxylic acids is 1. The highest BCUT2D eigenvalue weighted by Gasteiger charge is 2.23. The van der Waals surface area contributed by atoms with E-state index in [1.807, 2.05) is 74.9 Å². The predicted octanol–water partition coefficient (Wildman–Crippen LogP) is 5.34. The average molecular weight is 690 g/mol. The fraction of sp³-hybridized carbons (Fsp3) is 0.316. The molecule has 11 nitrogen and oxygen atoms in total. The van der Waals surface area contributed by atoms with E-state index in [-0.39, 0.29) is 12.5 Å². The number of aryl methyl sites for hydroxylation is 2. The number of hydrogen-bond donors (Lipinski definition) is 3. The summed E-state index contributed by atoms with van der Waals surface area (Å²) in [7, 11) is 1.86. The van der Waals surface area contributed by atoms with Gasteiger partial charge < -0.3 is 15.7 Å². The van der Waals surface area contributed by atoms with Gasteiger partial charge >= 0.3 is 0 Å². The molecule has 12 heteroatoms. The standard InChI is InChI=1S/C38H40ClN9O2/c1-26-16-34(39)33(19-28(26)7-8-32-22-41-36-35(6-5-9-48(32)36)43-31-21-42-45(4)24-31)37(50)44-30-18-27(17-29(20-30)38(2,3)25-40)23-47-12-10-46(11-13-47)14-15-49/h5-6,9,16-22,24,43,49H,10-15,23H2,1-4H3,(H,44,50). The monoisotopic (exact) mass is 689 g/mol. The van der Waals surface area contributed by atoms with Crippen LogP contribution in [0.5, 0.6) is 0 Å². The number of aliphatic hydroxyl groups excluding tert-OH is 1. The van der Waals surface area contributed by atoms with Gasteiger partial charge in [0.2, 0.25) is 0 Å². The van der Waals surface area contributed by atoms with E-state index in [4.69, 9.17) is 11.6 Å². The van der Waals surface area contributed by atoms with Gasteiger partial charge in [0, 0.05) is 70.0 Å². The number of aromatic nitrogens is 4. The summed E-state index contributed by atoms with van der Waals surface area (Å²) in [5.74, 6) is 6.08. The Bertz CT molecular complexity index is 2140. The number of anilines is 3. The molecule has 6 rings (SSSR count). The molecule has 1 fully saturated rings. The number of nitriles is 1. The fourth-order valence-corrected chi connectivity index (χ4v) is 6.31. The van der Waals surface area contributed by atoms with Crippen molar-refractivity contribution in [3.63, 3.8) is 0 Å². The lowest BCUT2D eigenvalue weighted by Crippen LogP contribution is -2.46. The van der Waals surface area contributed by atoms with Crippen LogP contribution < -0.4 is 10.6 Å². The molecule has 0 radical (unpaired) electrons. The highest BCUT2D eigenvalue weighted by atomic mass is 35.5. The topological polar surface area (TPSA) is 127 Å². The maximum atomic E-state index is 13.8. The summed E-state index contributed by atoms with van der Waals surface area (Å²) in [6.07, 6.45) is 7.26. The molecule has 1 aliphatic heterocycles. The zero-order chi connectivity index (χ0) is 35.4. The van der Waals surface area contributed by atoms with Gasteiger partial charge in [0.1, 0.15) is 5.69 Å². The van der Waals surface area contributed by atoms with Crippen LogP contribution >= 0.6 is 11.6 Å². The summed E-state index contributed by atoms with van der Waals surface area (Å²) >= 11 is 6.64. The summed E-state index contributed by atoms with van der Waals surface area (Å²) in [5.41, 5.74) is 6.55. The van der Waals surface area contributed by atoms with Gasteiger partial charge in [-0.3, -0.25) is 23.7 Å². The average Bonchev–Trinajstić information content (AvgIpc) is 3.71. The lowest BCUT2D eigenvalue weighted by molar-refractivity contribution is 0.102. The molecule has 5 aromatic rings. The van der Waals surface area contributed by atoms with Gasteiger partial charge in [-0.2, -0.15) is 10.4 Å². The maximum Gasteiger partial charge on any atom is 0.257 e. The number of nitrogens with one attached hydrogen (secondary N) is 2. The van der Waals surface area contributed by atoms with Crippen molar-refractivity contribution in [2.45, 2.75) is 32.7 Å². The smallest absolute Gasteiger partial charge is 0.257 e. The number of pyridine rings is 1. The molecular formula is C38H40ClN9O2. The van der Waals surface area contributed by atoms with Crippen LogP contribution in [0.3, 0.4) is 0 Å². The number of fused-ring (bicyclic) bond motifs is 1. The van der Waals surface area contributed by atoms with E-state index in [1.165, 1.54) is 0 Å². The molecular weight excluding hydrogens is 650 g/mol. The van der Waals surface area contributed by atoms with E-state index < -0.39 is 5.41 Å². The summed E-state index contributed by atoms with van der Waals surface area (Å²) < 4.78 is 3.63. The summed E-state index contributed by atoms with van der Waals surface area (Å²) in [6.45, 7) is 10.7. The zero-order valence-corrected chi connectivity index (χ0v) is 29.4. The highest BCUT2D eigenvalue weighted by molar-refractivity contribution is 6.34. The molecule has 0 aliphatic carbocycles. The molecule has 0 spiro atoms. The molecule has 0 unspecified atom stereocenters. The van der Waals surface area contributed by atoms with Crippen molar-refractivity contribution in [3.8, 4) is 17.9 Å². The first-order valence-corrected chi connectivity index (χ1v) is 16.9. The Morgan fingerprint density at radius 1 is 1.06 bits per heavy atom. The normalized spacial score (nSPS) is 13.9. The largest absolute Gasteiger partial charge is 0.395 e. The number of imidazole rings is 1. The van der Waals surface area contributed by atoms with Crippen molar-refractivity contribution in [3.05, 3.63) is 106 Å². The molecule has 1 amide bonds. The second-order valence-electron chi connectivity index (χ2n) is 13.1. The zero-order valence-electron chi connectivity index (χ0n) is 28.7. The molecule has 50 heavy (non-hydrogen) atoms. The maximum absolute atomic E-state index is 13.8. The molecule has 0 atom stereocenters. The van der Waals surface area contributed by atoms with Crippen molar-refractivity contribution in [2.24, 2.45) is 7.05 Å². The van der Waals surface area contributed by atoms with Gasteiger partial charge in [-0.15, -0.1) is 0 Å². The van der Waals surface area contributed by atoms with E-state index in [1.54, 1.807) is 29.2 Å². The SMILES string of the molecule is Cc1cc(Cl)c(C(=O)Nc2cc(CN3CCN(CCO)CC3)cc(C(C)(C)C#N)c2)cc1C#Cc1cnc2c(Nc3cnn(C)c3)cccn12. The minimum absolute atomic E-state index is 0.155. The van der Waals surface area contributed by atoms with Crippen molar-refractivity contribution < 1.29 is 9.90 Å². The van der Waals surface area contributed by atoms with Crippen LogP contribution in [0, 0.1) is 30.1 Å². The Balaban J connectivity index is 1.24. The molecule has 3 N–H and O–H groups in total. The van der Waals surface area contributed by atoms with Crippen LogP contribution in [-0.2, 0) is 19.0 Å². The van der Waals surface area contributed by atoms with Gasteiger partial charge in [-0.1, -0.05) is 23.6 Å². The number of nitrogens with zero attached hydrogens (tertiary/aromatic N) is 7. The Kier molecular flexibility index (Phi) is 10.2. The van der Waals surface area contributed by atoms with Gasteiger partial charge in [0.25, 0.3) is 5.91 Å². The predicted molar refractivity (Wildman–Crippen MR) is 196 cm³/mol. The number of hydrogen-bond acceptors (Lipinski definition) is 8. The number of carbonyl (C=O) groups is 1. The first-order valence-electron chi connectivity index (χ1n) is 16.5. The summed E-state index contributed by atoms with van der Waals surface area (Å²) in [4.78, 5) is 22.9. The Hall–Kier alpha value is -5.17. The lowest BCUT2D eigenvalue weighted by atomic mass is 9.85. The third-order valence-electron chi connectivity index (χ3n) is 8.94. The van der Waals surface area contributed by atoms with Gasteiger partial charge in [0.15, 0.2) is 5.65 Å². The van der Waals surface area contributed by atoms with Crippen LogP contribution in [0.25, 0.3) is 5.65 Å². The van der Waals surface area contributed by atoms with Crippen LogP contribution in [-0.4, -0.2) is 79.3 Å². The minimum atomic E-state index is -0.757. The number of benzene rings is 2. The second-order valence-corrected chi connectivity index (χ2v) is 13.5. The second kappa shape index (κ2) is 14.8. The third-order valence-corrected chi connectivity index (χ3v) is 9.26. The first kappa shape index (κ1) is 34.7. The molecule has 4 heterocycles. The number of amides is 1. The molecule has 1 saturated heterocycles. The highest BCUT2D eigenvalue weighted by Crippen LogP contribution is 2.29. The van der Waals surface area contributed by atoms with Crippen LogP contribution in [0.1, 0.15) is 52.2 Å². The fourth-order valence-electron chi connectivity index (χ4n) is 6.00. The molecule has 256 valence electrons. The molecule has 2 aromatic carbocycles. The number of rotatable bonds is 9. The Morgan fingerprint density at radius 3 is 2.56 bits per heavy atom. The van der Waals surface area contributed by atoms with E-state index in [0.29, 0.717) is 40.6 Å². The molecule has 0 saturated carbocycles. The van der Waals surface area contributed by atoms with Crippen molar-refractivity contribution >= 4 is 40.2 Å². The number of β-amino-alcohol motifs (C(OH)–C–C–N with tert-alkyl or cyclic N) is 1. The minimum Gasteiger partial charge on any atom is -0.395 e. The third kappa shape index (κ3) is 7.83. The Labute approximate surface area is 297 Å². The van der Waals surface area contributed by atoms with Gasteiger partial charge in [-0.25, -0.2) is 4.98 Å². The first-order chi connectivity index (χ1) is 24.0. The van der Waals surface area contributed by atoms with Crippen molar-refractivity contribution in [2.75, 3.05) is 50.0 Å². The van der Waals surface area contributed by atoms with E-state index in [0.717, 1.165) is 59.9 Å². The number of aliphatic hydroxyl groups is 1. The quantitative estimate of drug-likeness (QED) is 0.177. The molecule has 0 bridgehead atoms. The van der Waals surface area contributed by atoms with E-state index in [2.05, 4.69) is 48.4 Å². The Morgan fingerprint density at radius 2 is 1.84 bits per heavy atom. The number of halogens is 1. The van der Waals surface area contributed by atoms with Crippen LogP contribution in [0.4, 0.5) is 17.1 Å². The van der Waals surface area contributed by atoms with Crippen LogP contribution in [0.15, 0.2) is 67.3 Å². The summed E-state index contributed by atoms with van der Waals surface area (Å²) in [6, 6.07) is 15.6. The van der Waals surface area contributed by atoms with Gasteiger partial charge in [0.05, 0.1) is 52.4 Å². The number of piperazine rings is 1. The van der Waals surface area contributed by atoms with Crippen molar-refractivity contribution in [1.82, 2.24) is 29.0 Å². The lowest BCUT2D eigenvalue weighted by Gasteiger charge is -2.34. The van der Waals surface area contributed by atoms with Crippen LogP contribution in [0.2, 0.25) is 5.02 Å². The van der Waals surface area contributed by atoms with Gasteiger partial charge in [-0.05, 0) is 79.8 Å². The van der Waals surface area contributed by atoms with E-state index >= 15 is 0 Å². The summed E-state index contributed by atoms with van der Waals surface area (Å²) in [5, 5.41) is 30.1. The molecule has 3 aromatic heterocycles. The van der Waals surface area contributed by atoms with E-state index in [9.17, 15) is 15.2 Å². The van der Waals surface area contributed by atoms with Crippen molar-refractivity contribution in [1.29, 1.82) is 5.26 Å². The molecule has 1 aliphatic rings.